The lowest BCUT2D eigenvalue weighted by molar-refractivity contribution is -0.141. The number of hydrogen-bond acceptors (Lipinski definition) is 6. The van der Waals surface area contributed by atoms with Gasteiger partial charge in [-0.25, -0.2) is 0 Å². The van der Waals surface area contributed by atoms with Gasteiger partial charge in [0.1, 0.15) is 24.7 Å². The SMILES string of the molecule is COc1ccc(OCCOC(=O)CSCC(=O)Nc2ccc(C)cc2C)cc1. The largest absolute Gasteiger partial charge is 0.497 e. The molecule has 0 spiro atoms. The van der Waals surface area contributed by atoms with Crippen LogP contribution in [-0.2, 0) is 14.3 Å². The molecule has 0 aliphatic rings. The third kappa shape index (κ3) is 7.52. The Balaban J connectivity index is 1.58. The Hall–Kier alpha value is -2.67. The molecule has 2 rings (SSSR count). The fourth-order valence-corrected chi connectivity index (χ4v) is 3.01. The molecule has 1 amide bonds. The number of carbonyl (C=O) groups is 2. The van der Waals surface area contributed by atoms with Crippen LogP contribution in [0.4, 0.5) is 5.69 Å². The molecule has 2 aromatic rings. The van der Waals surface area contributed by atoms with E-state index in [0.29, 0.717) is 5.75 Å². The van der Waals surface area contributed by atoms with E-state index in [2.05, 4.69) is 5.32 Å². The summed E-state index contributed by atoms with van der Waals surface area (Å²) in [4.78, 5) is 23.7. The molecule has 0 aliphatic heterocycles. The average Bonchev–Trinajstić information content (AvgIpc) is 2.68. The summed E-state index contributed by atoms with van der Waals surface area (Å²) < 4.78 is 15.6. The van der Waals surface area contributed by atoms with Crippen molar-refractivity contribution in [2.24, 2.45) is 0 Å². The minimum absolute atomic E-state index is 0.114. The molecule has 1 N–H and O–H groups in total. The number of thioether (sulfide) groups is 1. The molecular formula is C21H25NO5S. The molecule has 7 heteroatoms. The standard InChI is InChI=1S/C21H25NO5S/c1-15-4-9-19(16(2)12-15)22-20(23)13-28-14-21(24)27-11-10-26-18-7-5-17(25-3)6-8-18/h4-9,12H,10-11,13-14H2,1-3H3,(H,22,23). The maximum Gasteiger partial charge on any atom is 0.316 e. The van der Waals surface area contributed by atoms with E-state index in [0.717, 1.165) is 22.6 Å². The summed E-state index contributed by atoms with van der Waals surface area (Å²) in [5.41, 5.74) is 2.94. The van der Waals surface area contributed by atoms with Crippen molar-refractivity contribution in [2.75, 3.05) is 37.1 Å². The average molecular weight is 404 g/mol. The van der Waals surface area contributed by atoms with Crippen LogP contribution in [0.2, 0.25) is 0 Å². The van der Waals surface area contributed by atoms with Gasteiger partial charge in [0.05, 0.1) is 18.6 Å². The summed E-state index contributed by atoms with van der Waals surface area (Å²) in [5.74, 6) is 1.20. The van der Waals surface area contributed by atoms with Gasteiger partial charge in [-0.1, -0.05) is 17.7 Å². The van der Waals surface area contributed by atoms with Gasteiger partial charge >= 0.3 is 5.97 Å². The van der Waals surface area contributed by atoms with Gasteiger partial charge in [0.2, 0.25) is 5.91 Å². The highest BCUT2D eigenvalue weighted by Crippen LogP contribution is 2.17. The Kier molecular flexibility index (Phi) is 8.68. The number of anilines is 1. The fourth-order valence-electron chi connectivity index (χ4n) is 2.40. The Morgan fingerprint density at radius 2 is 1.68 bits per heavy atom. The predicted molar refractivity (Wildman–Crippen MR) is 111 cm³/mol. The highest BCUT2D eigenvalue weighted by Gasteiger charge is 2.08. The first-order chi connectivity index (χ1) is 13.5. The van der Waals surface area contributed by atoms with Crippen molar-refractivity contribution >= 4 is 29.3 Å². The highest BCUT2D eigenvalue weighted by molar-refractivity contribution is 8.00. The van der Waals surface area contributed by atoms with Crippen LogP contribution in [-0.4, -0.2) is 43.7 Å². The molecule has 0 aliphatic carbocycles. The van der Waals surface area contributed by atoms with Crippen LogP contribution in [0.1, 0.15) is 11.1 Å². The van der Waals surface area contributed by atoms with Gasteiger partial charge in [-0.3, -0.25) is 9.59 Å². The quantitative estimate of drug-likeness (QED) is 0.483. The molecular weight excluding hydrogens is 378 g/mol. The van der Waals surface area contributed by atoms with Crippen LogP contribution in [0.3, 0.4) is 0 Å². The molecule has 2 aromatic carbocycles. The van der Waals surface area contributed by atoms with Crippen LogP contribution < -0.4 is 14.8 Å². The second kappa shape index (κ2) is 11.2. The molecule has 0 heterocycles. The fraction of sp³-hybridized carbons (Fsp3) is 0.333. The third-order valence-electron chi connectivity index (χ3n) is 3.78. The minimum atomic E-state index is -0.373. The number of methoxy groups -OCH3 is 1. The lowest BCUT2D eigenvalue weighted by atomic mass is 10.1. The lowest BCUT2D eigenvalue weighted by Gasteiger charge is -2.09. The second-order valence-corrected chi connectivity index (χ2v) is 7.09. The molecule has 0 atom stereocenters. The summed E-state index contributed by atoms with van der Waals surface area (Å²) in [6, 6.07) is 13.0. The van der Waals surface area contributed by atoms with Gasteiger partial charge in [-0.05, 0) is 49.7 Å². The van der Waals surface area contributed by atoms with E-state index in [1.165, 1.54) is 11.8 Å². The van der Waals surface area contributed by atoms with E-state index >= 15 is 0 Å². The molecule has 0 unspecified atom stereocenters. The molecule has 150 valence electrons. The topological polar surface area (TPSA) is 73.9 Å². The number of aryl methyl sites for hydroxylation is 2. The van der Waals surface area contributed by atoms with E-state index in [9.17, 15) is 9.59 Å². The van der Waals surface area contributed by atoms with Crippen molar-refractivity contribution in [2.45, 2.75) is 13.8 Å². The summed E-state index contributed by atoms with van der Waals surface area (Å²) >= 11 is 1.21. The zero-order chi connectivity index (χ0) is 20.4. The maximum atomic E-state index is 12.0. The minimum Gasteiger partial charge on any atom is -0.497 e. The van der Waals surface area contributed by atoms with Crippen LogP contribution >= 0.6 is 11.8 Å². The molecule has 0 aromatic heterocycles. The van der Waals surface area contributed by atoms with Crippen molar-refractivity contribution in [3.8, 4) is 11.5 Å². The van der Waals surface area contributed by atoms with Crippen molar-refractivity contribution in [3.63, 3.8) is 0 Å². The Morgan fingerprint density at radius 1 is 0.964 bits per heavy atom. The summed E-state index contributed by atoms with van der Waals surface area (Å²) in [7, 11) is 1.60. The van der Waals surface area contributed by atoms with E-state index < -0.39 is 0 Å². The van der Waals surface area contributed by atoms with Crippen LogP contribution in [0, 0.1) is 13.8 Å². The first kappa shape index (κ1) is 21.6. The predicted octanol–water partition coefficient (Wildman–Crippen LogP) is 3.61. The lowest BCUT2D eigenvalue weighted by Crippen LogP contribution is -2.18. The maximum absolute atomic E-state index is 12.0. The number of amides is 1. The van der Waals surface area contributed by atoms with E-state index in [1.54, 1.807) is 31.4 Å². The number of esters is 1. The summed E-state index contributed by atoms with van der Waals surface area (Å²) in [6.07, 6.45) is 0. The molecule has 0 saturated carbocycles. The van der Waals surface area contributed by atoms with E-state index in [4.69, 9.17) is 14.2 Å². The third-order valence-corrected chi connectivity index (χ3v) is 4.69. The van der Waals surface area contributed by atoms with Crippen molar-refractivity contribution < 1.29 is 23.8 Å². The molecule has 0 radical (unpaired) electrons. The van der Waals surface area contributed by atoms with Gasteiger partial charge in [0.15, 0.2) is 0 Å². The molecule has 0 fully saturated rings. The first-order valence-electron chi connectivity index (χ1n) is 8.85. The van der Waals surface area contributed by atoms with Crippen LogP contribution in [0.25, 0.3) is 0 Å². The first-order valence-corrected chi connectivity index (χ1v) is 10.0. The zero-order valence-electron chi connectivity index (χ0n) is 16.3. The smallest absolute Gasteiger partial charge is 0.316 e. The van der Waals surface area contributed by atoms with E-state index in [1.807, 2.05) is 32.0 Å². The van der Waals surface area contributed by atoms with Crippen LogP contribution in [0.5, 0.6) is 11.5 Å². The molecule has 6 nitrogen and oxygen atoms in total. The Morgan fingerprint density at radius 3 is 2.36 bits per heavy atom. The Bertz CT molecular complexity index is 792. The van der Waals surface area contributed by atoms with Crippen LogP contribution in [0.15, 0.2) is 42.5 Å². The van der Waals surface area contributed by atoms with Gasteiger partial charge in [0.25, 0.3) is 0 Å². The summed E-state index contributed by atoms with van der Waals surface area (Å²) in [6.45, 7) is 4.36. The normalized spacial score (nSPS) is 10.2. The number of ether oxygens (including phenoxy) is 3. The molecule has 28 heavy (non-hydrogen) atoms. The van der Waals surface area contributed by atoms with Gasteiger partial charge in [0, 0.05) is 5.69 Å². The van der Waals surface area contributed by atoms with Crippen molar-refractivity contribution in [1.29, 1.82) is 0 Å². The number of rotatable bonds is 10. The molecule has 0 bridgehead atoms. The number of benzene rings is 2. The van der Waals surface area contributed by atoms with Crippen molar-refractivity contribution in [3.05, 3.63) is 53.6 Å². The second-order valence-electron chi connectivity index (χ2n) is 6.10. The molecule has 0 saturated heterocycles. The number of carbonyl (C=O) groups excluding carboxylic acids is 2. The van der Waals surface area contributed by atoms with Gasteiger partial charge in [-0.2, -0.15) is 0 Å². The summed E-state index contributed by atoms with van der Waals surface area (Å²) in [5, 5.41) is 2.85. The number of hydrogen-bond donors (Lipinski definition) is 1. The Labute approximate surface area is 169 Å². The monoisotopic (exact) mass is 403 g/mol. The van der Waals surface area contributed by atoms with Crippen molar-refractivity contribution in [1.82, 2.24) is 0 Å². The number of nitrogens with one attached hydrogen (secondary N) is 1. The van der Waals surface area contributed by atoms with E-state index in [-0.39, 0.29) is 36.6 Å². The zero-order valence-corrected chi connectivity index (χ0v) is 17.1. The van der Waals surface area contributed by atoms with Gasteiger partial charge < -0.3 is 19.5 Å². The highest BCUT2D eigenvalue weighted by atomic mass is 32.2. The van der Waals surface area contributed by atoms with Gasteiger partial charge in [-0.15, -0.1) is 11.8 Å².